The van der Waals surface area contributed by atoms with E-state index in [4.69, 9.17) is 4.74 Å². The minimum Gasteiger partial charge on any atom is -0.458 e. The second-order valence-corrected chi connectivity index (χ2v) is 3.64. The van der Waals surface area contributed by atoms with Crippen molar-refractivity contribution < 1.29 is 14.3 Å². The van der Waals surface area contributed by atoms with Crippen LogP contribution in [0.5, 0.6) is 0 Å². The SMILES string of the molecule is CC(=O)N[C@H]1CC(C)(C)OC1=O. The van der Waals surface area contributed by atoms with E-state index in [0.29, 0.717) is 6.42 Å². The first-order chi connectivity index (χ1) is 5.41. The predicted octanol–water partition coefficient (Wildman–Crippen LogP) is 0.217. The van der Waals surface area contributed by atoms with E-state index in [-0.39, 0.29) is 11.9 Å². The molecule has 1 atom stereocenters. The van der Waals surface area contributed by atoms with Crippen LogP contribution >= 0.6 is 0 Å². The van der Waals surface area contributed by atoms with Gasteiger partial charge < -0.3 is 10.1 Å². The molecule has 0 aromatic carbocycles. The summed E-state index contributed by atoms with van der Waals surface area (Å²) in [7, 11) is 0. The predicted molar refractivity (Wildman–Crippen MR) is 42.4 cm³/mol. The Kier molecular flexibility index (Phi) is 2.08. The highest BCUT2D eigenvalue weighted by atomic mass is 16.6. The summed E-state index contributed by atoms with van der Waals surface area (Å²) in [6, 6.07) is -0.461. The van der Waals surface area contributed by atoms with Crippen molar-refractivity contribution in [3.63, 3.8) is 0 Å². The number of amides is 1. The van der Waals surface area contributed by atoms with Gasteiger partial charge in [-0.25, -0.2) is 4.79 Å². The van der Waals surface area contributed by atoms with Gasteiger partial charge in [-0.15, -0.1) is 0 Å². The van der Waals surface area contributed by atoms with Crippen LogP contribution in [0.15, 0.2) is 0 Å². The molecule has 4 nitrogen and oxygen atoms in total. The molecule has 1 fully saturated rings. The Morgan fingerprint density at radius 3 is 2.58 bits per heavy atom. The van der Waals surface area contributed by atoms with Gasteiger partial charge in [-0.05, 0) is 13.8 Å². The Balaban J connectivity index is 2.58. The van der Waals surface area contributed by atoms with E-state index >= 15 is 0 Å². The van der Waals surface area contributed by atoms with Gasteiger partial charge in [0.25, 0.3) is 0 Å². The Morgan fingerprint density at radius 2 is 2.25 bits per heavy atom. The molecule has 0 spiro atoms. The maximum absolute atomic E-state index is 11.1. The summed E-state index contributed by atoms with van der Waals surface area (Å²) in [5, 5.41) is 2.53. The molecular weight excluding hydrogens is 158 g/mol. The number of ether oxygens (including phenoxy) is 1. The Morgan fingerprint density at radius 1 is 1.67 bits per heavy atom. The van der Waals surface area contributed by atoms with E-state index in [0.717, 1.165) is 0 Å². The second kappa shape index (κ2) is 2.77. The molecule has 0 bridgehead atoms. The fourth-order valence-electron chi connectivity index (χ4n) is 1.32. The van der Waals surface area contributed by atoms with Crippen LogP contribution < -0.4 is 5.32 Å². The molecule has 0 aromatic heterocycles. The zero-order valence-corrected chi connectivity index (χ0v) is 7.51. The maximum atomic E-state index is 11.1. The van der Waals surface area contributed by atoms with Crippen LogP contribution in [0.25, 0.3) is 0 Å². The van der Waals surface area contributed by atoms with Gasteiger partial charge in [0.2, 0.25) is 5.91 Å². The summed E-state index contributed by atoms with van der Waals surface area (Å²) in [6.45, 7) is 5.04. The van der Waals surface area contributed by atoms with Crippen molar-refractivity contribution in [2.24, 2.45) is 0 Å². The number of rotatable bonds is 1. The molecule has 0 saturated carbocycles. The highest BCUT2D eigenvalue weighted by Crippen LogP contribution is 2.25. The largest absolute Gasteiger partial charge is 0.458 e. The number of cyclic esters (lactones) is 1. The van der Waals surface area contributed by atoms with Crippen molar-refractivity contribution in [2.75, 3.05) is 0 Å². The van der Waals surface area contributed by atoms with Crippen molar-refractivity contribution >= 4 is 11.9 Å². The van der Waals surface area contributed by atoms with E-state index in [2.05, 4.69) is 5.32 Å². The average Bonchev–Trinajstić information content (AvgIpc) is 2.03. The van der Waals surface area contributed by atoms with E-state index in [1.807, 2.05) is 13.8 Å². The number of hydrogen-bond donors (Lipinski definition) is 1. The maximum Gasteiger partial charge on any atom is 0.329 e. The summed E-state index contributed by atoms with van der Waals surface area (Å²) in [5.74, 6) is -0.537. The first-order valence-corrected chi connectivity index (χ1v) is 3.91. The summed E-state index contributed by atoms with van der Waals surface area (Å²) in [5.41, 5.74) is -0.440. The Bertz CT molecular complexity index is 222. The topological polar surface area (TPSA) is 55.4 Å². The van der Waals surface area contributed by atoms with Crippen LogP contribution in [0.4, 0.5) is 0 Å². The molecule has 1 N–H and O–H groups in total. The summed E-state index contributed by atoms with van der Waals surface area (Å²) >= 11 is 0. The molecule has 0 aliphatic carbocycles. The highest BCUT2D eigenvalue weighted by molar-refractivity contribution is 5.84. The molecule has 12 heavy (non-hydrogen) atoms. The third-order valence-corrected chi connectivity index (χ3v) is 1.73. The van der Waals surface area contributed by atoms with Gasteiger partial charge in [-0.3, -0.25) is 4.79 Å². The van der Waals surface area contributed by atoms with E-state index in [1.165, 1.54) is 6.92 Å². The monoisotopic (exact) mass is 171 g/mol. The number of hydrogen-bond acceptors (Lipinski definition) is 3. The van der Waals surface area contributed by atoms with Crippen LogP contribution in [0.1, 0.15) is 27.2 Å². The molecule has 0 aromatic rings. The zero-order chi connectivity index (χ0) is 9.35. The quantitative estimate of drug-likeness (QED) is 0.574. The molecule has 0 unspecified atom stereocenters. The molecule has 1 rings (SSSR count). The van der Waals surface area contributed by atoms with Crippen molar-refractivity contribution in [2.45, 2.75) is 38.8 Å². The lowest BCUT2D eigenvalue weighted by molar-refractivity contribution is -0.148. The van der Waals surface area contributed by atoms with Crippen LogP contribution in [0.3, 0.4) is 0 Å². The van der Waals surface area contributed by atoms with Crippen molar-refractivity contribution in [1.29, 1.82) is 0 Å². The zero-order valence-electron chi connectivity index (χ0n) is 7.51. The van der Waals surface area contributed by atoms with Gasteiger partial charge >= 0.3 is 5.97 Å². The molecule has 1 heterocycles. The third kappa shape index (κ3) is 1.96. The van der Waals surface area contributed by atoms with Crippen molar-refractivity contribution in [1.82, 2.24) is 5.32 Å². The Hall–Kier alpha value is -1.06. The number of nitrogens with one attached hydrogen (secondary N) is 1. The van der Waals surface area contributed by atoms with Crippen LogP contribution in [0, 0.1) is 0 Å². The normalized spacial score (nSPS) is 26.6. The van der Waals surface area contributed by atoms with Crippen LogP contribution in [-0.2, 0) is 14.3 Å². The van der Waals surface area contributed by atoms with Gasteiger partial charge in [0.1, 0.15) is 11.6 Å². The molecular formula is C8H13NO3. The van der Waals surface area contributed by atoms with E-state index in [9.17, 15) is 9.59 Å². The lowest BCUT2D eigenvalue weighted by Gasteiger charge is -2.14. The minimum absolute atomic E-state index is 0.199. The first-order valence-electron chi connectivity index (χ1n) is 3.91. The fourth-order valence-corrected chi connectivity index (χ4v) is 1.32. The molecule has 4 heteroatoms. The number of esters is 1. The second-order valence-electron chi connectivity index (χ2n) is 3.64. The smallest absolute Gasteiger partial charge is 0.329 e. The van der Waals surface area contributed by atoms with Crippen molar-refractivity contribution in [3.8, 4) is 0 Å². The lowest BCUT2D eigenvalue weighted by atomic mass is 10.0. The lowest BCUT2D eigenvalue weighted by Crippen LogP contribution is -2.36. The molecule has 1 aliphatic heterocycles. The molecule has 0 radical (unpaired) electrons. The van der Waals surface area contributed by atoms with Crippen LogP contribution in [-0.4, -0.2) is 23.5 Å². The van der Waals surface area contributed by atoms with E-state index in [1.54, 1.807) is 0 Å². The molecule has 1 saturated heterocycles. The van der Waals surface area contributed by atoms with E-state index < -0.39 is 11.6 Å². The standard InChI is InChI=1S/C8H13NO3/c1-5(10)9-6-4-8(2,3)12-7(6)11/h6H,4H2,1-3H3,(H,9,10)/t6-/m0/s1. The highest BCUT2D eigenvalue weighted by Gasteiger charge is 2.40. The summed E-state index contributed by atoms with van der Waals surface area (Å²) < 4.78 is 5.01. The van der Waals surface area contributed by atoms with Gasteiger partial charge in [-0.1, -0.05) is 0 Å². The van der Waals surface area contributed by atoms with Gasteiger partial charge in [0.05, 0.1) is 0 Å². The average molecular weight is 171 g/mol. The first kappa shape index (κ1) is 9.03. The minimum atomic E-state index is -0.461. The van der Waals surface area contributed by atoms with Crippen molar-refractivity contribution in [3.05, 3.63) is 0 Å². The summed E-state index contributed by atoms with van der Waals surface area (Å²) in [6.07, 6.45) is 0.547. The molecule has 68 valence electrons. The Labute approximate surface area is 71.3 Å². The molecule has 1 amide bonds. The fraction of sp³-hybridized carbons (Fsp3) is 0.750. The number of carbonyl (C=O) groups is 2. The third-order valence-electron chi connectivity index (χ3n) is 1.73. The van der Waals surface area contributed by atoms with Gasteiger partial charge in [0.15, 0.2) is 0 Å². The van der Waals surface area contributed by atoms with Gasteiger partial charge in [0, 0.05) is 13.3 Å². The van der Waals surface area contributed by atoms with Gasteiger partial charge in [-0.2, -0.15) is 0 Å². The summed E-state index contributed by atoms with van der Waals surface area (Å²) in [4.78, 5) is 21.7. The van der Waals surface area contributed by atoms with Crippen LogP contribution in [0.2, 0.25) is 0 Å². The molecule has 1 aliphatic rings. The number of carbonyl (C=O) groups excluding carboxylic acids is 2.